The van der Waals surface area contributed by atoms with Gasteiger partial charge in [0.2, 0.25) is 11.6 Å². The number of rotatable bonds is 5. The van der Waals surface area contributed by atoms with Crippen molar-refractivity contribution in [3.63, 3.8) is 0 Å². The van der Waals surface area contributed by atoms with E-state index in [2.05, 4.69) is 25.9 Å². The number of nitrogens with one attached hydrogen (secondary N) is 3. The van der Waals surface area contributed by atoms with E-state index in [9.17, 15) is 23.3 Å². The lowest BCUT2D eigenvalue weighted by Gasteiger charge is -2.46. The maximum atomic E-state index is 13.2. The molecule has 1 aromatic carbocycles. The number of nitrogens with zero attached hydrogens (tertiary/aromatic N) is 3. The quantitative estimate of drug-likeness (QED) is 0.388. The summed E-state index contributed by atoms with van der Waals surface area (Å²) in [5.41, 5.74) is -1.97. The van der Waals surface area contributed by atoms with Crippen LogP contribution in [0.3, 0.4) is 0 Å². The standard InChI is InChI=1S/C20H24ClF3N6O2/c1-18(2)8-12(9-19(3,4)29-18)28-17-15(30(31)32)16(25-10-26-17)27-11-5-6-14(21)13(7-11)20(22,23)24/h5-7,10,12,29H,8-9H2,1-4H3,(H2,25,26,27,28). The molecule has 1 saturated heterocycles. The summed E-state index contributed by atoms with van der Waals surface area (Å²) >= 11 is 5.65. The van der Waals surface area contributed by atoms with Crippen LogP contribution < -0.4 is 16.0 Å². The Bertz CT molecular complexity index is 1010. The number of benzene rings is 1. The molecule has 0 radical (unpaired) electrons. The van der Waals surface area contributed by atoms with Gasteiger partial charge in [0.1, 0.15) is 6.33 Å². The maximum absolute atomic E-state index is 13.2. The SMILES string of the molecule is CC1(C)CC(Nc2ncnc(Nc3ccc(Cl)c(C(F)(F)F)c3)c2[N+](=O)[O-])CC(C)(C)N1. The molecule has 0 aliphatic carbocycles. The van der Waals surface area contributed by atoms with E-state index >= 15 is 0 Å². The van der Waals surface area contributed by atoms with Gasteiger partial charge in [0.05, 0.1) is 15.5 Å². The Morgan fingerprint density at radius 2 is 1.75 bits per heavy atom. The molecule has 0 bridgehead atoms. The predicted octanol–water partition coefficient (Wildman–Crippen LogP) is 5.52. The summed E-state index contributed by atoms with van der Waals surface area (Å²) < 4.78 is 39.5. The molecule has 32 heavy (non-hydrogen) atoms. The van der Waals surface area contributed by atoms with Crippen LogP contribution in [0.2, 0.25) is 5.02 Å². The third-order valence-corrected chi connectivity index (χ3v) is 5.40. The number of aromatic nitrogens is 2. The van der Waals surface area contributed by atoms with Gasteiger partial charge < -0.3 is 16.0 Å². The Balaban J connectivity index is 1.93. The Kier molecular flexibility index (Phi) is 6.27. The summed E-state index contributed by atoms with van der Waals surface area (Å²) in [6, 6.07) is 3.01. The number of hydrogen-bond donors (Lipinski definition) is 3. The van der Waals surface area contributed by atoms with Crippen LogP contribution in [0.4, 0.5) is 36.2 Å². The fourth-order valence-electron chi connectivity index (χ4n) is 4.32. The minimum atomic E-state index is -4.67. The highest BCUT2D eigenvalue weighted by Crippen LogP contribution is 2.39. The van der Waals surface area contributed by atoms with E-state index in [1.54, 1.807) is 0 Å². The monoisotopic (exact) mass is 472 g/mol. The first-order chi connectivity index (χ1) is 14.7. The molecule has 174 valence electrons. The lowest BCUT2D eigenvalue weighted by molar-refractivity contribution is -0.383. The average molecular weight is 473 g/mol. The summed E-state index contributed by atoms with van der Waals surface area (Å²) in [6.07, 6.45) is -2.18. The van der Waals surface area contributed by atoms with Crippen LogP contribution in [0.15, 0.2) is 24.5 Å². The van der Waals surface area contributed by atoms with Gasteiger partial charge in [0, 0.05) is 22.8 Å². The number of alkyl halides is 3. The van der Waals surface area contributed by atoms with Gasteiger partial charge in [-0.3, -0.25) is 10.1 Å². The summed E-state index contributed by atoms with van der Waals surface area (Å²) in [6.45, 7) is 8.18. The minimum absolute atomic E-state index is 0.00370. The fraction of sp³-hybridized carbons (Fsp3) is 0.500. The Hall–Kier alpha value is -2.66. The smallest absolute Gasteiger partial charge is 0.361 e. The molecule has 12 heteroatoms. The molecule has 1 fully saturated rings. The van der Waals surface area contributed by atoms with Gasteiger partial charge in [-0.2, -0.15) is 13.2 Å². The molecule has 0 amide bonds. The zero-order chi connectivity index (χ0) is 23.9. The number of hydrogen-bond acceptors (Lipinski definition) is 7. The average Bonchev–Trinajstić information content (AvgIpc) is 2.59. The van der Waals surface area contributed by atoms with Gasteiger partial charge in [0.25, 0.3) is 0 Å². The molecule has 8 nitrogen and oxygen atoms in total. The van der Waals surface area contributed by atoms with Crippen molar-refractivity contribution in [3.05, 3.63) is 45.2 Å². The molecular weight excluding hydrogens is 449 g/mol. The first-order valence-corrected chi connectivity index (χ1v) is 10.2. The lowest BCUT2D eigenvalue weighted by Crippen LogP contribution is -2.60. The second-order valence-electron chi connectivity index (χ2n) is 9.14. The summed E-state index contributed by atoms with van der Waals surface area (Å²) in [5.74, 6) is -0.230. The van der Waals surface area contributed by atoms with Gasteiger partial charge >= 0.3 is 11.9 Å². The van der Waals surface area contributed by atoms with E-state index in [-0.39, 0.29) is 34.4 Å². The normalized spacial score (nSPS) is 18.2. The molecule has 3 rings (SSSR count). The third kappa shape index (κ3) is 5.57. The van der Waals surface area contributed by atoms with Crippen LogP contribution in [-0.2, 0) is 6.18 Å². The second kappa shape index (κ2) is 8.36. The molecular formula is C20H24ClF3N6O2. The van der Waals surface area contributed by atoms with E-state index in [1.807, 2.05) is 27.7 Å². The van der Waals surface area contributed by atoms with Crippen LogP contribution in [0.1, 0.15) is 46.1 Å². The maximum Gasteiger partial charge on any atom is 0.417 e. The number of anilines is 3. The van der Waals surface area contributed by atoms with Crippen molar-refractivity contribution in [2.24, 2.45) is 0 Å². The molecule has 0 atom stereocenters. The molecule has 2 aromatic rings. The van der Waals surface area contributed by atoms with Crippen molar-refractivity contribution in [1.29, 1.82) is 0 Å². The topological polar surface area (TPSA) is 105 Å². The summed E-state index contributed by atoms with van der Waals surface area (Å²) in [5, 5.41) is 20.6. The van der Waals surface area contributed by atoms with E-state index < -0.39 is 27.4 Å². The second-order valence-corrected chi connectivity index (χ2v) is 9.54. The van der Waals surface area contributed by atoms with E-state index in [0.29, 0.717) is 12.8 Å². The molecule has 1 aromatic heterocycles. The number of nitro groups is 1. The van der Waals surface area contributed by atoms with Gasteiger partial charge in [0.15, 0.2) is 0 Å². The molecule has 1 aliphatic rings. The summed E-state index contributed by atoms with van der Waals surface area (Å²) in [7, 11) is 0. The molecule has 3 N–H and O–H groups in total. The number of piperidine rings is 1. The lowest BCUT2D eigenvalue weighted by atomic mass is 9.79. The Labute approximate surface area is 188 Å². The van der Waals surface area contributed by atoms with Gasteiger partial charge in [-0.15, -0.1) is 0 Å². The van der Waals surface area contributed by atoms with Crippen molar-refractivity contribution in [2.75, 3.05) is 10.6 Å². The largest absolute Gasteiger partial charge is 0.417 e. The van der Waals surface area contributed by atoms with Crippen LogP contribution in [0.25, 0.3) is 0 Å². The highest BCUT2D eigenvalue weighted by molar-refractivity contribution is 6.31. The van der Waals surface area contributed by atoms with Crippen molar-refractivity contribution >= 4 is 34.6 Å². The highest BCUT2D eigenvalue weighted by Gasteiger charge is 2.39. The Morgan fingerprint density at radius 3 is 2.31 bits per heavy atom. The van der Waals surface area contributed by atoms with Gasteiger partial charge in [-0.1, -0.05) is 11.6 Å². The van der Waals surface area contributed by atoms with Crippen molar-refractivity contribution in [2.45, 2.75) is 63.8 Å². The van der Waals surface area contributed by atoms with Crippen LogP contribution >= 0.6 is 11.6 Å². The molecule has 1 aliphatic heterocycles. The predicted molar refractivity (Wildman–Crippen MR) is 116 cm³/mol. The van der Waals surface area contributed by atoms with Gasteiger partial charge in [-0.25, -0.2) is 9.97 Å². The summed E-state index contributed by atoms with van der Waals surface area (Å²) in [4.78, 5) is 19.1. The Morgan fingerprint density at radius 1 is 1.16 bits per heavy atom. The zero-order valence-electron chi connectivity index (χ0n) is 18.0. The first-order valence-electron chi connectivity index (χ1n) is 9.86. The molecule has 2 heterocycles. The molecule has 0 spiro atoms. The van der Waals surface area contributed by atoms with Gasteiger partial charge in [-0.05, 0) is 58.7 Å². The van der Waals surface area contributed by atoms with Crippen LogP contribution in [-0.4, -0.2) is 32.0 Å². The zero-order valence-corrected chi connectivity index (χ0v) is 18.7. The third-order valence-electron chi connectivity index (χ3n) is 5.07. The van der Waals surface area contributed by atoms with Crippen molar-refractivity contribution in [3.8, 4) is 0 Å². The van der Waals surface area contributed by atoms with Crippen LogP contribution in [0.5, 0.6) is 0 Å². The van der Waals surface area contributed by atoms with E-state index in [4.69, 9.17) is 11.6 Å². The van der Waals surface area contributed by atoms with E-state index in [0.717, 1.165) is 18.5 Å². The molecule has 0 saturated carbocycles. The fourth-order valence-corrected chi connectivity index (χ4v) is 4.55. The van der Waals surface area contributed by atoms with E-state index in [1.165, 1.54) is 6.07 Å². The van der Waals surface area contributed by atoms with Crippen molar-refractivity contribution in [1.82, 2.24) is 15.3 Å². The molecule has 0 unspecified atom stereocenters. The minimum Gasteiger partial charge on any atom is -0.361 e. The van der Waals surface area contributed by atoms with Crippen LogP contribution in [0, 0.1) is 10.1 Å². The first kappa shape index (κ1) is 24.0. The van der Waals surface area contributed by atoms with Crippen molar-refractivity contribution < 1.29 is 18.1 Å². The number of halogens is 4. The highest BCUT2D eigenvalue weighted by atomic mass is 35.5.